The molecule has 0 spiro atoms. The Morgan fingerprint density at radius 2 is 1.86 bits per heavy atom. The van der Waals surface area contributed by atoms with Crippen LogP contribution in [0.25, 0.3) is 22.2 Å². The number of aryl methyl sites for hydroxylation is 1. The highest BCUT2D eigenvalue weighted by Crippen LogP contribution is 2.27. The van der Waals surface area contributed by atoms with E-state index in [9.17, 15) is 13.6 Å². The molecule has 0 aliphatic carbocycles. The van der Waals surface area contributed by atoms with Gasteiger partial charge in [-0.3, -0.25) is 9.89 Å². The molecule has 2 aromatic carbocycles. The van der Waals surface area contributed by atoms with Crippen LogP contribution in [-0.4, -0.2) is 51.8 Å². The average Bonchev–Trinajstić information content (AvgIpc) is 3.38. The highest BCUT2D eigenvalue weighted by atomic mass is 19.1. The summed E-state index contributed by atoms with van der Waals surface area (Å²) in [6, 6.07) is 13.3. The lowest BCUT2D eigenvalue weighted by Gasteiger charge is -2.36. The number of fused-ring (bicyclic) bond motifs is 1. The average molecular weight is 573 g/mol. The molecule has 5 rings (SSSR count). The molecule has 4 aromatic rings. The quantitative estimate of drug-likeness (QED) is 0.296. The highest BCUT2D eigenvalue weighted by molar-refractivity contribution is 6.01. The summed E-state index contributed by atoms with van der Waals surface area (Å²) in [5, 5.41) is 11.6. The molecule has 2 atom stereocenters. The number of piperidine rings is 1. The lowest BCUT2D eigenvalue weighted by molar-refractivity contribution is 0.0888. The van der Waals surface area contributed by atoms with Gasteiger partial charge in [0.05, 0.1) is 5.52 Å². The van der Waals surface area contributed by atoms with E-state index in [0.29, 0.717) is 25.1 Å². The van der Waals surface area contributed by atoms with Crippen LogP contribution in [-0.2, 0) is 13.5 Å². The third kappa shape index (κ3) is 6.36. The van der Waals surface area contributed by atoms with E-state index in [4.69, 9.17) is 4.99 Å². The summed E-state index contributed by atoms with van der Waals surface area (Å²) >= 11 is 0. The maximum atomic E-state index is 14.3. The number of pyridine rings is 1. The lowest BCUT2D eigenvalue weighted by atomic mass is 9.88. The monoisotopic (exact) mass is 572 g/mol. The largest absolute Gasteiger partial charge is 0.348 e. The summed E-state index contributed by atoms with van der Waals surface area (Å²) < 4.78 is 30.5. The van der Waals surface area contributed by atoms with Crippen molar-refractivity contribution in [1.82, 2.24) is 25.0 Å². The molecule has 1 aliphatic heterocycles. The molecule has 1 saturated heterocycles. The normalized spacial score (nSPS) is 18.8. The first-order valence-electron chi connectivity index (χ1n) is 14.4. The number of nitrogens with zero attached hydrogens (tertiary/aromatic N) is 4. The zero-order valence-corrected chi connectivity index (χ0v) is 24.8. The SMILES string of the molecule is CCC(C)=C(C)N=c1ccc(-c2n[nH]c3ccc(C(=O)NC4CC(Cc5c(F)cccc5F)CN(C)C4)cc23)cn1C. The number of allylic oxidation sites excluding steroid dienone is 2. The minimum absolute atomic E-state index is 0.0176. The van der Waals surface area contributed by atoms with Gasteiger partial charge in [-0.1, -0.05) is 18.6 Å². The number of rotatable bonds is 7. The summed E-state index contributed by atoms with van der Waals surface area (Å²) in [5.74, 6) is -1.22. The van der Waals surface area contributed by atoms with Gasteiger partial charge in [0.25, 0.3) is 5.91 Å². The Labute approximate surface area is 245 Å². The number of H-pyrrole nitrogens is 1. The molecule has 0 radical (unpaired) electrons. The number of carbonyl (C=O) groups excluding carboxylic acids is 1. The number of nitrogens with one attached hydrogen (secondary N) is 2. The molecule has 2 unspecified atom stereocenters. The van der Waals surface area contributed by atoms with Gasteiger partial charge >= 0.3 is 0 Å². The summed E-state index contributed by atoms with van der Waals surface area (Å²) in [6.45, 7) is 7.61. The summed E-state index contributed by atoms with van der Waals surface area (Å²) in [6.07, 6.45) is 3.88. The van der Waals surface area contributed by atoms with Gasteiger partial charge in [-0.05, 0) is 88.5 Å². The van der Waals surface area contributed by atoms with Crippen LogP contribution in [0, 0.1) is 17.6 Å². The van der Waals surface area contributed by atoms with Crippen molar-refractivity contribution in [3.05, 3.63) is 94.2 Å². The maximum absolute atomic E-state index is 14.3. The number of carbonyl (C=O) groups is 1. The number of aromatic amines is 1. The molecule has 1 aliphatic rings. The standard InChI is InChI=1S/C33H38F2N6O/c1-6-20(2)21(3)36-31-13-11-24(18-41(31)5)32-27-16-23(10-12-30(27)38-39-32)33(42)37-25-14-22(17-40(4)19-25)15-26-28(34)8-7-9-29(26)35/h7-13,16,18,22,25H,6,14-15,17,19H2,1-5H3,(H,37,42)(H,38,39). The van der Waals surface area contributed by atoms with Gasteiger partial charge in [-0.15, -0.1) is 0 Å². The van der Waals surface area contributed by atoms with Crippen LogP contribution in [0.4, 0.5) is 8.78 Å². The third-order valence-corrected chi connectivity index (χ3v) is 8.24. The van der Waals surface area contributed by atoms with Crippen LogP contribution in [0.15, 0.2) is 71.0 Å². The molecule has 42 heavy (non-hydrogen) atoms. The Kier molecular flexibility index (Phi) is 8.68. The number of halogens is 2. The van der Waals surface area contributed by atoms with Crippen molar-refractivity contribution in [3.63, 3.8) is 0 Å². The molecular weight excluding hydrogens is 534 g/mol. The van der Waals surface area contributed by atoms with E-state index in [2.05, 4.69) is 34.3 Å². The minimum Gasteiger partial charge on any atom is -0.348 e. The van der Waals surface area contributed by atoms with Crippen LogP contribution in [0.3, 0.4) is 0 Å². The van der Waals surface area contributed by atoms with Crippen molar-refractivity contribution in [1.29, 1.82) is 0 Å². The van der Waals surface area contributed by atoms with Crippen molar-refractivity contribution in [2.24, 2.45) is 18.0 Å². The number of hydrogen-bond acceptors (Lipinski definition) is 4. The smallest absolute Gasteiger partial charge is 0.251 e. The first kappa shape index (κ1) is 29.4. The Bertz CT molecular complexity index is 1700. The second-order valence-electron chi connectivity index (χ2n) is 11.4. The number of benzene rings is 2. The molecule has 2 aromatic heterocycles. The second-order valence-corrected chi connectivity index (χ2v) is 11.4. The molecular formula is C33H38F2N6O. The molecule has 2 N–H and O–H groups in total. The maximum Gasteiger partial charge on any atom is 0.251 e. The van der Waals surface area contributed by atoms with Gasteiger partial charge < -0.3 is 14.8 Å². The summed E-state index contributed by atoms with van der Waals surface area (Å²) in [5.41, 5.74) is 6.24. The van der Waals surface area contributed by atoms with Crippen LogP contribution in [0.1, 0.15) is 49.5 Å². The number of likely N-dealkylation sites (N-methyl/N-ethyl adjacent to an activating group) is 1. The van der Waals surface area contributed by atoms with Crippen LogP contribution >= 0.6 is 0 Å². The van der Waals surface area contributed by atoms with Gasteiger partial charge in [-0.25, -0.2) is 13.8 Å². The van der Waals surface area contributed by atoms with Crippen molar-refractivity contribution in [2.75, 3.05) is 20.1 Å². The molecule has 0 saturated carbocycles. The molecule has 0 bridgehead atoms. The first-order valence-corrected chi connectivity index (χ1v) is 14.4. The zero-order valence-electron chi connectivity index (χ0n) is 24.8. The Hall–Kier alpha value is -4.11. The van der Waals surface area contributed by atoms with Crippen molar-refractivity contribution < 1.29 is 13.6 Å². The molecule has 7 nitrogen and oxygen atoms in total. The van der Waals surface area contributed by atoms with E-state index in [1.54, 1.807) is 6.07 Å². The number of hydrogen-bond donors (Lipinski definition) is 2. The van der Waals surface area contributed by atoms with Gasteiger partial charge in [-0.2, -0.15) is 5.10 Å². The fourth-order valence-electron chi connectivity index (χ4n) is 5.73. The Balaban J connectivity index is 1.35. The predicted octanol–water partition coefficient (Wildman–Crippen LogP) is 5.74. The van der Waals surface area contributed by atoms with Gasteiger partial charge in [0.1, 0.15) is 22.8 Å². The van der Waals surface area contributed by atoms with E-state index in [0.717, 1.165) is 39.8 Å². The molecule has 9 heteroatoms. The van der Waals surface area contributed by atoms with Gasteiger partial charge in [0, 0.05) is 60.1 Å². The van der Waals surface area contributed by atoms with E-state index in [1.807, 2.05) is 56.0 Å². The highest BCUT2D eigenvalue weighted by Gasteiger charge is 2.28. The van der Waals surface area contributed by atoms with E-state index in [1.165, 1.54) is 23.8 Å². The minimum atomic E-state index is -0.524. The van der Waals surface area contributed by atoms with E-state index in [-0.39, 0.29) is 29.9 Å². The van der Waals surface area contributed by atoms with Gasteiger partial charge in [0.2, 0.25) is 0 Å². The number of likely N-dealkylation sites (tertiary alicyclic amines) is 1. The fourth-order valence-corrected chi connectivity index (χ4v) is 5.73. The lowest BCUT2D eigenvalue weighted by Crippen LogP contribution is -2.50. The predicted molar refractivity (Wildman–Crippen MR) is 162 cm³/mol. The Morgan fingerprint density at radius 3 is 2.57 bits per heavy atom. The van der Waals surface area contributed by atoms with Crippen LogP contribution in [0.5, 0.6) is 0 Å². The zero-order chi connectivity index (χ0) is 30.0. The fraction of sp³-hybridized carbons (Fsp3) is 0.364. The number of amides is 1. The second kappa shape index (κ2) is 12.4. The van der Waals surface area contributed by atoms with Gasteiger partial charge in [0.15, 0.2) is 0 Å². The summed E-state index contributed by atoms with van der Waals surface area (Å²) in [4.78, 5) is 20.3. The van der Waals surface area contributed by atoms with Crippen LogP contribution < -0.4 is 10.8 Å². The third-order valence-electron chi connectivity index (χ3n) is 8.24. The van der Waals surface area contributed by atoms with E-state index >= 15 is 0 Å². The topological polar surface area (TPSA) is 78.3 Å². The van der Waals surface area contributed by atoms with Crippen molar-refractivity contribution in [3.8, 4) is 11.3 Å². The molecule has 1 fully saturated rings. The molecule has 3 heterocycles. The van der Waals surface area contributed by atoms with Crippen molar-refractivity contribution in [2.45, 2.75) is 46.1 Å². The Morgan fingerprint density at radius 1 is 1.10 bits per heavy atom. The van der Waals surface area contributed by atoms with E-state index < -0.39 is 11.6 Å². The number of aromatic nitrogens is 3. The van der Waals surface area contributed by atoms with Crippen molar-refractivity contribution >= 4 is 16.8 Å². The molecule has 220 valence electrons. The first-order chi connectivity index (χ1) is 20.1. The van der Waals surface area contributed by atoms with Crippen LogP contribution in [0.2, 0.25) is 0 Å². The summed E-state index contributed by atoms with van der Waals surface area (Å²) in [7, 11) is 3.92. The molecule has 1 amide bonds.